The average molecular weight is 220 g/mol. The zero-order valence-corrected chi connectivity index (χ0v) is 9.11. The second-order valence-corrected chi connectivity index (χ2v) is 3.95. The molecule has 1 aliphatic heterocycles. The van der Waals surface area contributed by atoms with Crippen LogP contribution < -0.4 is 11.1 Å². The molecule has 4 heteroatoms. The molecule has 1 aromatic rings. The number of hydrogen-bond donors (Lipinski definition) is 2. The van der Waals surface area contributed by atoms with Crippen LogP contribution in [0.3, 0.4) is 0 Å². The average Bonchev–Trinajstić information content (AvgIpc) is 2.30. The van der Waals surface area contributed by atoms with Crippen LogP contribution in [0.15, 0.2) is 24.3 Å². The molecule has 2 rings (SSSR count). The number of rotatable bonds is 3. The third-order valence-corrected chi connectivity index (χ3v) is 2.66. The van der Waals surface area contributed by atoms with Crippen LogP contribution >= 0.6 is 0 Å². The number of nitrogens with two attached hydrogens (primary N) is 1. The highest BCUT2D eigenvalue weighted by atomic mass is 16.5. The molecule has 1 saturated heterocycles. The number of morpholine rings is 1. The first-order valence-corrected chi connectivity index (χ1v) is 5.45. The van der Waals surface area contributed by atoms with Gasteiger partial charge in [-0.15, -0.1) is 0 Å². The van der Waals surface area contributed by atoms with Crippen LogP contribution in [0.1, 0.15) is 17.2 Å². The summed E-state index contributed by atoms with van der Waals surface area (Å²) in [6.07, 6.45) is 0.417. The van der Waals surface area contributed by atoms with E-state index in [4.69, 9.17) is 10.5 Å². The second kappa shape index (κ2) is 5.09. The highest BCUT2D eigenvalue weighted by Crippen LogP contribution is 2.19. The molecule has 0 unspecified atom stereocenters. The minimum Gasteiger partial charge on any atom is -0.371 e. The first kappa shape index (κ1) is 11.1. The van der Waals surface area contributed by atoms with Gasteiger partial charge in [0.15, 0.2) is 0 Å². The Bertz CT molecular complexity index is 356. The van der Waals surface area contributed by atoms with E-state index in [-0.39, 0.29) is 12.0 Å². The Morgan fingerprint density at radius 2 is 2.19 bits per heavy atom. The fourth-order valence-corrected chi connectivity index (χ4v) is 1.83. The van der Waals surface area contributed by atoms with Crippen molar-refractivity contribution < 1.29 is 9.53 Å². The van der Waals surface area contributed by atoms with E-state index in [9.17, 15) is 4.79 Å². The summed E-state index contributed by atoms with van der Waals surface area (Å²) in [5.74, 6) is -0.302. The largest absolute Gasteiger partial charge is 0.371 e. The molecule has 0 aliphatic carbocycles. The Labute approximate surface area is 94.8 Å². The molecule has 1 fully saturated rings. The van der Waals surface area contributed by atoms with Crippen molar-refractivity contribution >= 4 is 5.91 Å². The van der Waals surface area contributed by atoms with Crippen LogP contribution in [0, 0.1) is 0 Å². The number of benzene rings is 1. The predicted octanol–water partition coefficient (Wildman–Crippen LogP) is 0.375. The van der Waals surface area contributed by atoms with Gasteiger partial charge >= 0.3 is 0 Å². The smallest absolute Gasteiger partial charge is 0.221 e. The van der Waals surface area contributed by atoms with E-state index in [0.717, 1.165) is 30.8 Å². The standard InChI is InChI=1S/C12H16N2O2/c13-12(15)7-9-1-3-10(4-2-9)11-8-14-5-6-16-11/h1-4,11,14H,5-8H2,(H2,13,15)/t11-/m1/s1. The van der Waals surface area contributed by atoms with Gasteiger partial charge in [-0.25, -0.2) is 0 Å². The fraction of sp³-hybridized carbons (Fsp3) is 0.417. The summed E-state index contributed by atoms with van der Waals surface area (Å²) in [6.45, 7) is 2.50. The van der Waals surface area contributed by atoms with Crippen molar-refractivity contribution in [1.29, 1.82) is 0 Å². The third-order valence-electron chi connectivity index (χ3n) is 2.66. The van der Waals surface area contributed by atoms with Gasteiger partial charge in [-0.1, -0.05) is 24.3 Å². The van der Waals surface area contributed by atoms with Gasteiger partial charge in [0, 0.05) is 13.1 Å². The maximum absolute atomic E-state index is 10.7. The molecule has 16 heavy (non-hydrogen) atoms. The number of carbonyl (C=O) groups is 1. The summed E-state index contributed by atoms with van der Waals surface area (Å²) in [5, 5.41) is 3.28. The van der Waals surface area contributed by atoms with E-state index in [2.05, 4.69) is 5.32 Å². The molecule has 0 radical (unpaired) electrons. The number of nitrogens with one attached hydrogen (secondary N) is 1. The van der Waals surface area contributed by atoms with Crippen LogP contribution in [-0.4, -0.2) is 25.6 Å². The molecule has 0 saturated carbocycles. The lowest BCUT2D eigenvalue weighted by Gasteiger charge is -2.24. The molecule has 1 atom stereocenters. The van der Waals surface area contributed by atoms with Gasteiger partial charge < -0.3 is 15.8 Å². The molecule has 0 bridgehead atoms. The Hall–Kier alpha value is -1.39. The van der Waals surface area contributed by atoms with Gasteiger partial charge in [0.2, 0.25) is 5.91 Å². The zero-order chi connectivity index (χ0) is 11.4. The van der Waals surface area contributed by atoms with E-state index < -0.39 is 0 Å². The lowest BCUT2D eigenvalue weighted by molar-refractivity contribution is -0.117. The molecule has 0 spiro atoms. The lowest BCUT2D eigenvalue weighted by atomic mass is 10.0. The molecule has 1 aromatic carbocycles. The summed E-state index contributed by atoms with van der Waals surface area (Å²) in [5.41, 5.74) is 7.22. The summed E-state index contributed by atoms with van der Waals surface area (Å²) < 4.78 is 5.63. The van der Waals surface area contributed by atoms with Gasteiger partial charge in [-0.2, -0.15) is 0 Å². The van der Waals surface area contributed by atoms with Crippen LogP contribution in [0.25, 0.3) is 0 Å². The fourth-order valence-electron chi connectivity index (χ4n) is 1.83. The maximum atomic E-state index is 10.7. The lowest BCUT2D eigenvalue weighted by Crippen LogP contribution is -2.33. The summed E-state index contributed by atoms with van der Waals surface area (Å²) in [6, 6.07) is 7.85. The van der Waals surface area contributed by atoms with E-state index in [1.165, 1.54) is 0 Å². The van der Waals surface area contributed by atoms with Crippen molar-refractivity contribution in [3.05, 3.63) is 35.4 Å². The quantitative estimate of drug-likeness (QED) is 0.773. The van der Waals surface area contributed by atoms with Gasteiger partial charge in [0.25, 0.3) is 0 Å². The zero-order valence-electron chi connectivity index (χ0n) is 9.11. The van der Waals surface area contributed by atoms with Crippen molar-refractivity contribution in [3.63, 3.8) is 0 Å². The molecule has 1 aliphatic rings. The maximum Gasteiger partial charge on any atom is 0.221 e. The van der Waals surface area contributed by atoms with Crippen molar-refractivity contribution in [2.75, 3.05) is 19.7 Å². The van der Waals surface area contributed by atoms with Crippen molar-refractivity contribution in [1.82, 2.24) is 5.32 Å². The number of ether oxygens (including phenoxy) is 1. The Morgan fingerprint density at radius 1 is 1.44 bits per heavy atom. The number of carbonyl (C=O) groups excluding carboxylic acids is 1. The number of hydrogen-bond acceptors (Lipinski definition) is 3. The molecule has 86 valence electrons. The number of amides is 1. The van der Waals surface area contributed by atoms with E-state index in [0.29, 0.717) is 6.42 Å². The first-order valence-electron chi connectivity index (χ1n) is 5.45. The molecular formula is C12H16N2O2. The SMILES string of the molecule is NC(=O)Cc1ccc([C@H]2CNCCO2)cc1. The minimum absolute atomic E-state index is 0.122. The minimum atomic E-state index is -0.302. The molecule has 1 amide bonds. The van der Waals surface area contributed by atoms with Gasteiger partial charge in [-0.3, -0.25) is 4.79 Å². The Morgan fingerprint density at radius 3 is 2.75 bits per heavy atom. The van der Waals surface area contributed by atoms with Gasteiger partial charge in [0.1, 0.15) is 0 Å². The highest BCUT2D eigenvalue weighted by Gasteiger charge is 2.15. The molecule has 1 heterocycles. The van der Waals surface area contributed by atoms with E-state index >= 15 is 0 Å². The second-order valence-electron chi connectivity index (χ2n) is 3.95. The molecule has 0 aromatic heterocycles. The van der Waals surface area contributed by atoms with Crippen molar-refractivity contribution in [3.8, 4) is 0 Å². The first-order chi connectivity index (χ1) is 7.75. The number of primary amides is 1. The summed E-state index contributed by atoms with van der Waals surface area (Å²) >= 11 is 0. The van der Waals surface area contributed by atoms with Crippen molar-refractivity contribution in [2.45, 2.75) is 12.5 Å². The topological polar surface area (TPSA) is 64.4 Å². The molecule has 4 nitrogen and oxygen atoms in total. The molecular weight excluding hydrogens is 204 g/mol. The highest BCUT2D eigenvalue weighted by molar-refractivity contribution is 5.76. The summed E-state index contributed by atoms with van der Waals surface area (Å²) in [7, 11) is 0. The normalized spacial score (nSPS) is 20.6. The van der Waals surface area contributed by atoms with Gasteiger partial charge in [-0.05, 0) is 11.1 Å². The van der Waals surface area contributed by atoms with E-state index in [1.807, 2.05) is 24.3 Å². The summed E-state index contributed by atoms with van der Waals surface area (Å²) in [4.78, 5) is 10.7. The van der Waals surface area contributed by atoms with Crippen LogP contribution in [0.2, 0.25) is 0 Å². The predicted molar refractivity (Wildman–Crippen MR) is 60.9 cm³/mol. The third kappa shape index (κ3) is 2.81. The van der Waals surface area contributed by atoms with Gasteiger partial charge in [0.05, 0.1) is 19.1 Å². The van der Waals surface area contributed by atoms with Crippen LogP contribution in [0.4, 0.5) is 0 Å². The Kier molecular flexibility index (Phi) is 3.54. The van der Waals surface area contributed by atoms with Crippen LogP contribution in [0.5, 0.6) is 0 Å². The van der Waals surface area contributed by atoms with Crippen LogP contribution in [-0.2, 0) is 16.0 Å². The monoisotopic (exact) mass is 220 g/mol. The van der Waals surface area contributed by atoms with E-state index in [1.54, 1.807) is 0 Å². The molecule has 3 N–H and O–H groups in total. The Balaban J connectivity index is 2.03. The van der Waals surface area contributed by atoms with Crippen molar-refractivity contribution in [2.24, 2.45) is 5.73 Å².